The van der Waals surface area contributed by atoms with Gasteiger partial charge in [-0.05, 0) is 47.1 Å². The van der Waals surface area contributed by atoms with Gasteiger partial charge >= 0.3 is 0 Å². The molecule has 8 heteroatoms. The molecule has 0 spiro atoms. The molecule has 1 aromatic carbocycles. The Hall–Kier alpha value is -1.77. The summed E-state index contributed by atoms with van der Waals surface area (Å²) in [6.45, 7) is 1.84. The third-order valence-corrected chi connectivity index (χ3v) is 5.04. The Bertz CT molecular complexity index is 836. The Balaban J connectivity index is 1.82. The molecule has 0 saturated heterocycles. The van der Waals surface area contributed by atoms with E-state index in [1.165, 1.54) is 23.1 Å². The van der Waals surface area contributed by atoms with Gasteiger partial charge in [0.2, 0.25) is 5.13 Å². The molecule has 0 aliphatic carbocycles. The minimum absolute atomic E-state index is 0.207. The molecule has 2 aromatic heterocycles. The number of carbonyl (C=O) groups excluding carboxylic acids is 1. The molecule has 0 bridgehead atoms. The van der Waals surface area contributed by atoms with Crippen molar-refractivity contribution in [2.45, 2.75) is 16.8 Å². The molecule has 3 aromatic rings. The number of aromatic nitrogens is 3. The second kappa shape index (κ2) is 7.20. The lowest BCUT2D eigenvalue weighted by Gasteiger charge is -2.08. The third-order valence-electron chi connectivity index (χ3n) is 2.79. The second-order valence-electron chi connectivity index (χ2n) is 4.49. The molecule has 1 amide bonds. The van der Waals surface area contributed by atoms with E-state index in [-0.39, 0.29) is 5.91 Å². The Morgan fingerprint density at radius 3 is 2.74 bits per heavy atom. The van der Waals surface area contributed by atoms with Gasteiger partial charge in [-0.3, -0.25) is 10.1 Å². The number of anilines is 1. The fraction of sp³-hybridized carbons (Fsp3) is 0.0667. The fourth-order valence-corrected chi connectivity index (χ4v) is 3.50. The van der Waals surface area contributed by atoms with Crippen LogP contribution >= 0.6 is 39.0 Å². The molecule has 116 valence electrons. The smallest absolute Gasteiger partial charge is 0.258 e. The largest absolute Gasteiger partial charge is 0.296 e. The van der Waals surface area contributed by atoms with Gasteiger partial charge in [0.25, 0.3) is 5.91 Å². The number of hydrogen-bond donors (Lipinski definition) is 1. The first-order valence-electron chi connectivity index (χ1n) is 6.62. The average molecular weight is 407 g/mol. The zero-order valence-corrected chi connectivity index (χ0v) is 15.2. The van der Waals surface area contributed by atoms with Crippen LogP contribution in [0.15, 0.2) is 57.0 Å². The van der Waals surface area contributed by atoms with Crippen LogP contribution < -0.4 is 5.32 Å². The summed E-state index contributed by atoms with van der Waals surface area (Å²) in [5.41, 5.74) is 0.579. The van der Waals surface area contributed by atoms with E-state index >= 15 is 0 Å². The molecule has 3 rings (SSSR count). The molecule has 23 heavy (non-hydrogen) atoms. The van der Waals surface area contributed by atoms with Crippen LogP contribution in [0.3, 0.4) is 0 Å². The van der Waals surface area contributed by atoms with Crippen LogP contribution in [0.25, 0.3) is 0 Å². The minimum atomic E-state index is -0.207. The van der Waals surface area contributed by atoms with E-state index in [4.69, 9.17) is 0 Å². The number of hydrogen-bond acceptors (Lipinski definition) is 6. The maximum absolute atomic E-state index is 12.5. The van der Waals surface area contributed by atoms with Crippen molar-refractivity contribution in [1.29, 1.82) is 0 Å². The first-order chi connectivity index (χ1) is 11.1. The lowest BCUT2D eigenvalue weighted by Crippen LogP contribution is -2.12. The van der Waals surface area contributed by atoms with Gasteiger partial charge < -0.3 is 0 Å². The van der Waals surface area contributed by atoms with Crippen molar-refractivity contribution in [2.24, 2.45) is 0 Å². The van der Waals surface area contributed by atoms with Crippen molar-refractivity contribution in [3.63, 3.8) is 0 Å². The van der Waals surface area contributed by atoms with Crippen LogP contribution in [0.1, 0.15) is 15.4 Å². The monoisotopic (exact) mass is 406 g/mol. The van der Waals surface area contributed by atoms with Gasteiger partial charge in [-0.2, -0.15) is 0 Å². The summed E-state index contributed by atoms with van der Waals surface area (Å²) in [6.07, 6.45) is 1.73. The van der Waals surface area contributed by atoms with E-state index in [1.807, 2.05) is 37.3 Å². The van der Waals surface area contributed by atoms with Gasteiger partial charge in [-0.1, -0.05) is 35.2 Å². The van der Waals surface area contributed by atoms with Crippen molar-refractivity contribution in [1.82, 2.24) is 15.2 Å². The van der Waals surface area contributed by atoms with E-state index < -0.39 is 0 Å². The molecule has 5 nitrogen and oxygen atoms in total. The lowest BCUT2D eigenvalue weighted by atomic mass is 10.2. The Labute approximate surface area is 149 Å². The number of benzene rings is 1. The Morgan fingerprint density at radius 2 is 2.04 bits per heavy atom. The minimum Gasteiger partial charge on any atom is -0.296 e. The van der Waals surface area contributed by atoms with Gasteiger partial charge in [0, 0.05) is 15.6 Å². The highest BCUT2D eigenvalue weighted by molar-refractivity contribution is 9.10. The summed E-state index contributed by atoms with van der Waals surface area (Å²) in [4.78, 5) is 17.6. The molecule has 0 saturated carbocycles. The summed E-state index contributed by atoms with van der Waals surface area (Å²) >= 11 is 6.15. The summed E-state index contributed by atoms with van der Waals surface area (Å²) in [5.74, 6) is -0.207. The third kappa shape index (κ3) is 4.15. The van der Waals surface area contributed by atoms with E-state index in [2.05, 4.69) is 36.4 Å². The quantitative estimate of drug-likeness (QED) is 0.694. The maximum atomic E-state index is 12.5. The average Bonchev–Trinajstić information content (AvgIpc) is 2.95. The summed E-state index contributed by atoms with van der Waals surface area (Å²) in [7, 11) is 0. The highest BCUT2D eigenvalue weighted by Gasteiger charge is 2.14. The molecular weight excluding hydrogens is 396 g/mol. The topological polar surface area (TPSA) is 67.8 Å². The van der Waals surface area contributed by atoms with E-state index in [9.17, 15) is 4.79 Å². The number of pyridine rings is 1. The highest BCUT2D eigenvalue weighted by atomic mass is 79.9. The van der Waals surface area contributed by atoms with Gasteiger partial charge in [0.05, 0.1) is 5.56 Å². The van der Waals surface area contributed by atoms with E-state index in [0.29, 0.717) is 10.7 Å². The number of nitrogens with one attached hydrogen (secondary N) is 1. The molecule has 0 aliphatic rings. The summed E-state index contributed by atoms with van der Waals surface area (Å²) < 4.78 is 0.916. The molecule has 2 heterocycles. The van der Waals surface area contributed by atoms with Crippen LogP contribution in [0.4, 0.5) is 5.13 Å². The molecule has 0 atom stereocenters. The van der Waals surface area contributed by atoms with Crippen molar-refractivity contribution in [2.75, 3.05) is 5.32 Å². The van der Waals surface area contributed by atoms with Crippen LogP contribution in [-0.4, -0.2) is 21.1 Å². The summed E-state index contributed by atoms with van der Waals surface area (Å²) in [6, 6.07) is 11.2. The van der Waals surface area contributed by atoms with Crippen LogP contribution in [-0.2, 0) is 0 Å². The standard InChI is InChI=1S/C15H11BrN4OS2/c1-9-19-20-15(22-9)18-14(21)11-4-2-3-5-12(11)23-13-7-6-10(16)8-17-13/h2-8H,1H3,(H,18,20,21). The van der Waals surface area contributed by atoms with Crippen LogP contribution in [0.5, 0.6) is 0 Å². The predicted octanol–water partition coefficient (Wildman–Crippen LogP) is 4.41. The van der Waals surface area contributed by atoms with E-state index in [1.54, 1.807) is 12.3 Å². The number of aryl methyl sites for hydroxylation is 1. The van der Waals surface area contributed by atoms with Crippen molar-refractivity contribution < 1.29 is 4.79 Å². The van der Waals surface area contributed by atoms with Gasteiger partial charge in [0.1, 0.15) is 10.0 Å². The normalized spacial score (nSPS) is 10.5. The number of rotatable bonds is 4. The SMILES string of the molecule is Cc1nnc(NC(=O)c2ccccc2Sc2ccc(Br)cn2)s1. The number of carbonyl (C=O) groups is 1. The van der Waals surface area contributed by atoms with E-state index in [0.717, 1.165) is 19.4 Å². The second-order valence-corrected chi connectivity index (χ2v) is 7.65. The maximum Gasteiger partial charge on any atom is 0.258 e. The van der Waals surface area contributed by atoms with Gasteiger partial charge in [-0.25, -0.2) is 4.98 Å². The molecule has 1 N–H and O–H groups in total. The highest BCUT2D eigenvalue weighted by Crippen LogP contribution is 2.30. The fourth-order valence-electron chi connectivity index (χ4n) is 1.79. The Kier molecular flexibility index (Phi) is 5.04. The lowest BCUT2D eigenvalue weighted by molar-refractivity contribution is 0.102. The Morgan fingerprint density at radius 1 is 1.22 bits per heavy atom. The summed E-state index contributed by atoms with van der Waals surface area (Å²) in [5, 5.41) is 12.7. The zero-order valence-electron chi connectivity index (χ0n) is 12.0. The van der Waals surface area contributed by atoms with Crippen molar-refractivity contribution >= 4 is 50.1 Å². The van der Waals surface area contributed by atoms with Gasteiger partial charge in [-0.15, -0.1) is 10.2 Å². The first kappa shape index (κ1) is 16.1. The number of halogens is 1. The first-order valence-corrected chi connectivity index (χ1v) is 9.04. The van der Waals surface area contributed by atoms with Crippen LogP contribution in [0.2, 0.25) is 0 Å². The number of amides is 1. The molecular formula is C15H11BrN4OS2. The van der Waals surface area contributed by atoms with Gasteiger partial charge in [0.15, 0.2) is 0 Å². The molecule has 0 unspecified atom stereocenters. The van der Waals surface area contributed by atoms with Crippen molar-refractivity contribution in [3.8, 4) is 0 Å². The number of nitrogens with zero attached hydrogens (tertiary/aromatic N) is 3. The molecule has 0 fully saturated rings. The van der Waals surface area contributed by atoms with Crippen LogP contribution in [0, 0.1) is 6.92 Å². The molecule has 0 radical (unpaired) electrons. The van der Waals surface area contributed by atoms with Crippen molar-refractivity contribution in [3.05, 3.63) is 57.6 Å². The predicted molar refractivity (Wildman–Crippen MR) is 95.1 cm³/mol. The zero-order chi connectivity index (χ0) is 16.2. The molecule has 0 aliphatic heterocycles.